The SMILES string of the molecule is CN(C)C(=O)c1ccc(NC(=O)c2ccc(Cl)c(S(=O)(=O)NCc3ccccc3)c2)cc1. The fourth-order valence-corrected chi connectivity index (χ4v) is 4.40. The Bertz CT molecular complexity index is 1230. The molecular formula is C23H22ClN3O4S. The summed E-state index contributed by atoms with van der Waals surface area (Å²) in [6, 6.07) is 19.5. The normalized spacial score (nSPS) is 11.1. The van der Waals surface area contributed by atoms with Crippen molar-refractivity contribution in [3.8, 4) is 0 Å². The molecule has 3 rings (SSSR count). The lowest BCUT2D eigenvalue weighted by atomic mass is 10.1. The molecule has 166 valence electrons. The minimum Gasteiger partial charge on any atom is -0.345 e. The number of amides is 2. The highest BCUT2D eigenvalue weighted by molar-refractivity contribution is 7.89. The third-order valence-corrected chi connectivity index (χ3v) is 6.47. The predicted octanol–water partition coefficient (Wildman–Crippen LogP) is 3.77. The van der Waals surface area contributed by atoms with Gasteiger partial charge in [0.2, 0.25) is 10.0 Å². The number of nitrogens with one attached hydrogen (secondary N) is 2. The molecule has 3 aromatic rings. The maximum absolute atomic E-state index is 12.8. The second-order valence-electron chi connectivity index (χ2n) is 7.19. The van der Waals surface area contributed by atoms with Crippen LogP contribution >= 0.6 is 11.6 Å². The summed E-state index contributed by atoms with van der Waals surface area (Å²) in [6.07, 6.45) is 0. The van der Waals surface area contributed by atoms with Crippen LogP contribution < -0.4 is 10.0 Å². The van der Waals surface area contributed by atoms with Gasteiger partial charge in [-0.15, -0.1) is 0 Å². The van der Waals surface area contributed by atoms with Crippen molar-refractivity contribution in [1.82, 2.24) is 9.62 Å². The Labute approximate surface area is 192 Å². The van der Waals surface area contributed by atoms with Gasteiger partial charge in [-0.3, -0.25) is 9.59 Å². The molecule has 0 fully saturated rings. The molecule has 0 aliphatic heterocycles. The van der Waals surface area contributed by atoms with E-state index in [0.717, 1.165) is 5.56 Å². The van der Waals surface area contributed by atoms with E-state index in [1.54, 1.807) is 50.5 Å². The predicted molar refractivity (Wildman–Crippen MR) is 124 cm³/mol. The first kappa shape index (κ1) is 23.5. The van der Waals surface area contributed by atoms with E-state index in [9.17, 15) is 18.0 Å². The van der Waals surface area contributed by atoms with E-state index in [1.807, 2.05) is 18.2 Å². The molecule has 0 saturated carbocycles. The second-order valence-corrected chi connectivity index (χ2v) is 9.33. The zero-order chi connectivity index (χ0) is 23.3. The Morgan fingerprint density at radius 2 is 1.53 bits per heavy atom. The average Bonchev–Trinajstić information content (AvgIpc) is 2.78. The highest BCUT2D eigenvalue weighted by Crippen LogP contribution is 2.23. The fourth-order valence-electron chi connectivity index (χ4n) is 2.86. The molecule has 9 heteroatoms. The van der Waals surface area contributed by atoms with Crippen molar-refractivity contribution in [2.24, 2.45) is 0 Å². The molecule has 0 heterocycles. The standard InChI is InChI=1S/C23H22ClN3O4S/c1-27(2)23(29)17-8-11-19(12-9-17)26-22(28)18-10-13-20(24)21(14-18)32(30,31)25-15-16-6-4-3-5-7-16/h3-14,25H,15H2,1-2H3,(H,26,28). The Morgan fingerprint density at radius 3 is 2.16 bits per heavy atom. The summed E-state index contributed by atoms with van der Waals surface area (Å²) in [6.45, 7) is 0.0912. The van der Waals surface area contributed by atoms with Crippen LogP contribution in [0.25, 0.3) is 0 Å². The van der Waals surface area contributed by atoms with E-state index in [0.29, 0.717) is 11.3 Å². The van der Waals surface area contributed by atoms with Gasteiger partial charge in [0.15, 0.2) is 0 Å². The number of hydrogen-bond acceptors (Lipinski definition) is 4. The molecule has 0 aromatic heterocycles. The number of benzene rings is 3. The zero-order valence-corrected chi connectivity index (χ0v) is 19.1. The van der Waals surface area contributed by atoms with Gasteiger partial charge in [-0.25, -0.2) is 13.1 Å². The van der Waals surface area contributed by atoms with E-state index in [-0.39, 0.29) is 27.9 Å². The lowest BCUT2D eigenvalue weighted by molar-refractivity contribution is 0.0827. The van der Waals surface area contributed by atoms with Crippen LogP contribution in [-0.4, -0.2) is 39.2 Å². The van der Waals surface area contributed by atoms with Crippen molar-refractivity contribution in [3.05, 3.63) is 94.5 Å². The number of carbonyl (C=O) groups excluding carboxylic acids is 2. The second kappa shape index (κ2) is 9.95. The molecule has 3 aromatic carbocycles. The van der Waals surface area contributed by atoms with Crippen LogP contribution in [0.15, 0.2) is 77.7 Å². The zero-order valence-electron chi connectivity index (χ0n) is 17.5. The van der Waals surface area contributed by atoms with E-state index in [1.165, 1.54) is 23.1 Å². The highest BCUT2D eigenvalue weighted by atomic mass is 35.5. The monoisotopic (exact) mass is 471 g/mol. The van der Waals surface area contributed by atoms with Crippen molar-refractivity contribution in [2.75, 3.05) is 19.4 Å². The molecule has 2 N–H and O–H groups in total. The first-order chi connectivity index (χ1) is 15.2. The van der Waals surface area contributed by atoms with E-state index < -0.39 is 15.9 Å². The molecule has 7 nitrogen and oxygen atoms in total. The van der Waals surface area contributed by atoms with Crippen molar-refractivity contribution in [3.63, 3.8) is 0 Å². The topological polar surface area (TPSA) is 95.6 Å². The summed E-state index contributed by atoms with van der Waals surface area (Å²) in [5, 5.41) is 2.70. The van der Waals surface area contributed by atoms with Crippen LogP contribution in [0.1, 0.15) is 26.3 Å². The Balaban J connectivity index is 1.75. The van der Waals surface area contributed by atoms with Gasteiger partial charge < -0.3 is 10.2 Å². The number of rotatable bonds is 7. The number of halogens is 1. The molecule has 0 unspecified atom stereocenters. The molecule has 0 radical (unpaired) electrons. The van der Waals surface area contributed by atoms with Crippen LogP contribution in [0.2, 0.25) is 5.02 Å². The average molecular weight is 472 g/mol. The highest BCUT2D eigenvalue weighted by Gasteiger charge is 2.20. The summed E-state index contributed by atoms with van der Waals surface area (Å²) in [7, 11) is -0.642. The lowest BCUT2D eigenvalue weighted by Crippen LogP contribution is -2.24. The molecule has 0 atom stereocenters. The summed E-state index contributed by atoms with van der Waals surface area (Å²) in [5.74, 6) is -0.661. The van der Waals surface area contributed by atoms with E-state index in [2.05, 4.69) is 10.0 Å². The summed E-state index contributed by atoms with van der Waals surface area (Å²) >= 11 is 6.11. The van der Waals surface area contributed by atoms with Crippen LogP contribution in [0.4, 0.5) is 5.69 Å². The van der Waals surface area contributed by atoms with Gasteiger partial charge in [0, 0.05) is 37.5 Å². The molecule has 0 bridgehead atoms. The van der Waals surface area contributed by atoms with Crippen molar-refractivity contribution < 1.29 is 18.0 Å². The molecule has 0 saturated heterocycles. The van der Waals surface area contributed by atoms with Crippen LogP contribution in [0.5, 0.6) is 0 Å². The minimum absolute atomic E-state index is 0.00802. The third-order valence-electron chi connectivity index (χ3n) is 4.59. The van der Waals surface area contributed by atoms with Gasteiger partial charge in [-0.05, 0) is 48.0 Å². The molecule has 2 amide bonds. The third kappa shape index (κ3) is 5.73. The number of carbonyl (C=O) groups is 2. The van der Waals surface area contributed by atoms with Gasteiger partial charge >= 0.3 is 0 Å². The Morgan fingerprint density at radius 1 is 0.906 bits per heavy atom. The van der Waals surface area contributed by atoms with Gasteiger partial charge in [-0.2, -0.15) is 0 Å². The van der Waals surface area contributed by atoms with Crippen LogP contribution in [0.3, 0.4) is 0 Å². The fraction of sp³-hybridized carbons (Fsp3) is 0.130. The molecular weight excluding hydrogens is 450 g/mol. The quantitative estimate of drug-likeness (QED) is 0.548. The minimum atomic E-state index is -3.95. The Kier molecular flexibility index (Phi) is 7.29. The van der Waals surface area contributed by atoms with Crippen LogP contribution in [0, 0.1) is 0 Å². The van der Waals surface area contributed by atoms with Crippen LogP contribution in [-0.2, 0) is 16.6 Å². The lowest BCUT2D eigenvalue weighted by Gasteiger charge is -2.12. The van der Waals surface area contributed by atoms with Gasteiger partial charge in [-0.1, -0.05) is 41.9 Å². The van der Waals surface area contributed by atoms with Crippen molar-refractivity contribution in [2.45, 2.75) is 11.4 Å². The number of hydrogen-bond donors (Lipinski definition) is 2. The van der Waals surface area contributed by atoms with Crippen molar-refractivity contribution in [1.29, 1.82) is 0 Å². The largest absolute Gasteiger partial charge is 0.345 e. The van der Waals surface area contributed by atoms with Gasteiger partial charge in [0.25, 0.3) is 11.8 Å². The molecule has 0 aliphatic carbocycles. The maximum Gasteiger partial charge on any atom is 0.255 e. The smallest absolute Gasteiger partial charge is 0.255 e. The first-order valence-electron chi connectivity index (χ1n) is 9.63. The summed E-state index contributed by atoms with van der Waals surface area (Å²) in [4.78, 5) is 25.9. The number of anilines is 1. The number of sulfonamides is 1. The summed E-state index contributed by atoms with van der Waals surface area (Å²) < 4.78 is 28.0. The van der Waals surface area contributed by atoms with E-state index >= 15 is 0 Å². The van der Waals surface area contributed by atoms with Crippen molar-refractivity contribution >= 4 is 39.1 Å². The van der Waals surface area contributed by atoms with Gasteiger partial charge in [0.05, 0.1) is 5.02 Å². The molecule has 0 aliphatic rings. The first-order valence-corrected chi connectivity index (χ1v) is 11.5. The number of nitrogens with zero attached hydrogens (tertiary/aromatic N) is 1. The van der Waals surface area contributed by atoms with Gasteiger partial charge in [0.1, 0.15) is 4.90 Å². The Hall–Kier alpha value is -3.20. The maximum atomic E-state index is 12.8. The molecule has 32 heavy (non-hydrogen) atoms. The van der Waals surface area contributed by atoms with E-state index in [4.69, 9.17) is 11.6 Å². The molecule has 0 spiro atoms. The summed E-state index contributed by atoms with van der Waals surface area (Å²) in [5.41, 5.74) is 1.87.